The maximum atomic E-state index is 12.8. The number of phosphoric ester groups is 1. The Bertz CT molecular complexity index is 1080. The Kier molecular flexibility index (Phi) is 42.4. The van der Waals surface area contributed by atoms with Crippen molar-refractivity contribution in [2.45, 2.75) is 219 Å². The number of nitrogens with one attached hydrogen (secondary N) is 1. The summed E-state index contributed by atoms with van der Waals surface area (Å²) in [7, 11) is -4.35. The predicted molar refractivity (Wildman–Crippen MR) is 244 cm³/mol. The van der Waals surface area contributed by atoms with E-state index in [1.165, 1.54) is 109 Å². The Morgan fingerprint density at radius 1 is 0.596 bits per heavy atom. The van der Waals surface area contributed by atoms with E-state index in [1.807, 2.05) is 6.08 Å². The molecule has 0 aliphatic rings. The molecular weight excluding hydrogens is 732 g/mol. The van der Waals surface area contributed by atoms with Gasteiger partial charge in [0.25, 0.3) is 0 Å². The molecular formula is C48H89N2O6P. The van der Waals surface area contributed by atoms with E-state index in [0.717, 1.165) is 77.0 Å². The summed E-state index contributed by atoms with van der Waals surface area (Å²) < 4.78 is 22.2. The first-order valence-electron chi connectivity index (χ1n) is 23.4. The van der Waals surface area contributed by atoms with Gasteiger partial charge in [-0.05, 0) is 57.8 Å². The van der Waals surface area contributed by atoms with Crippen LogP contribution in [-0.2, 0) is 18.4 Å². The summed E-state index contributed by atoms with van der Waals surface area (Å²) in [6.45, 7) is 4.01. The molecule has 332 valence electrons. The second-order valence-corrected chi connectivity index (χ2v) is 17.0. The highest BCUT2D eigenvalue weighted by Crippen LogP contribution is 2.43. The normalized spacial score (nSPS) is 14.5. The van der Waals surface area contributed by atoms with Gasteiger partial charge in [0.2, 0.25) is 5.91 Å². The van der Waals surface area contributed by atoms with E-state index in [2.05, 4.69) is 67.8 Å². The molecule has 0 saturated heterocycles. The molecule has 0 heterocycles. The Labute approximate surface area is 351 Å². The summed E-state index contributed by atoms with van der Waals surface area (Å²) in [5, 5.41) is 13.7. The Morgan fingerprint density at radius 2 is 1.02 bits per heavy atom. The average molecular weight is 821 g/mol. The minimum atomic E-state index is -4.35. The minimum Gasteiger partial charge on any atom is -0.387 e. The maximum absolute atomic E-state index is 12.8. The highest BCUT2D eigenvalue weighted by molar-refractivity contribution is 7.47. The maximum Gasteiger partial charge on any atom is 0.472 e. The van der Waals surface area contributed by atoms with Crippen molar-refractivity contribution in [3.63, 3.8) is 0 Å². The zero-order chi connectivity index (χ0) is 41.8. The number of rotatable bonds is 43. The first-order valence-corrected chi connectivity index (χ1v) is 24.9. The molecule has 0 aromatic heterocycles. The lowest BCUT2D eigenvalue weighted by molar-refractivity contribution is -0.123. The van der Waals surface area contributed by atoms with Gasteiger partial charge in [-0.1, -0.05) is 203 Å². The van der Waals surface area contributed by atoms with Crippen molar-refractivity contribution in [2.24, 2.45) is 5.73 Å². The topological polar surface area (TPSA) is 131 Å². The summed E-state index contributed by atoms with van der Waals surface area (Å²) in [5.41, 5.74) is 5.38. The molecule has 1 amide bonds. The number of allylic oxidation sites excluding steroid dienone is 9. The molecule has 57 heavy (non-hydrogen) atoms. The fourth-order valence-electron chi connectivity index (χ4n) is 6.59. The largest absolute Gasteiger partial charge is 0.472 e. The number of nitrogens with two attached hydrogens (primary N) is 1. The van der Waals surface area contributed by atoms with Crippen LogP contribution < -0.4 is 11.1 Å². The monoisotopic (exact) mass is 821 g/mol. The fraction of sp³-hybridized carbons (Fsp3) is 0.771. The van der Waals surface area contributed by atoms with Gasteiger partial charge in [0, 0.05) is 13.0 Å². The lowest BCUT2D eigenvalue weighted by Gasteiger charge is -2.23. The van der Waals surface area contributed by atoms with Crippen LogP contribution in [0.1, 0.15) is 206 Å². The molecule has 8 nitrogen and oxygen atoms in total. The molecule has 0 aliphatic heterocycles. The van der Waals surface area contributed by atoms with Crippen LogP contribution in [0.5, 0.6) is 0 Å². The van der Waals surface area contributed by atoms with E-state index in [4.69, 9.17) is 14.8 Å². The Balaban J connectivity index is 4.21. The van der Waals surface area contributed by atoms with Gasteiger partial charge in [-0.2, -0.15) is 0 Å². The number of aliphatic hydroxyl groups excluding tert-OH is 1. The van der Waals surface area contributed by atoms with Crippen molar-refractivity contribution < 1.29 is 28.4 Å². The number of amides is 1. The number of unbranched alkanes of at least 4 members (excludes halogenated alkanes) is 23. The number of aliphatic hydroxyl groups is 1. The van der Waals surface area contributed by atoms with Gasteiger partial charge < -0.3 is 21.1 Å². The zero-order valence-corrected chi connectivity index (χ0v) is 37.7. The van der Waals surface area contributed by atoms with E-state index >= 15 is 0 Å². The van der Waals surface area contributed by atoms with Crippen molar-refractivity contribution in [1.29, 1.82) is 0 Å². The van der Waals surface area contributed by atoms with Gasteiger partial charge in [0.1, 0.15) is 0 Å². The van der Waals surface area contributed by atoms with Crippen LogP contribution in [-0.4, -0.2) is 47.8 Å². The van der Waals surface area contributed by atoms with Crippen molar-refractivity contribution in [3.05, 3.63) is 60.8 Å². The number of phosphoric acid groups is 1. The standard InChI is InChI=1S/C48H89N2O6P/c1-3-5-7-9-11-13-15-17-19-21-22-23-24-26-27-29-31-33-35-37-39-41-47(51)46(45-56-57(53,54)55-44-43-49)50-48(52)42-40-38-36-34-32-30-28-25-20-18-16-14-12-10-8-6-4-2/h6,8,12,14,18,20,28,30,39,41,46-47,51H,3-5,7,9-11,13,15-17,19,21-27,29,31-38,40,42-45,49H2,1-2H3,(H,50,52)(H,53,54)/b8-6-,14-12-,20-18-,30-28-,41-39+. The van der Waals surface area contributed by atoms with Gasteiger partial charge in [0.05, 0.1) is 25.4 Å². The highest BCUT2D eigenvalue weighted by Gasteiger charge is 2.26. The van der Waals surface area contributed by atoms with Gasteiger partial charge >= 0.3 is 7.82 Å². The van der Waals surface area contributed by atoms with Gasteiger partial charge in [-0.15, -0.1) is 0 Å². The van der Waals surface area contributed by atoms with Crippen molar-refractivity contribution in [2.75, 3.05) is 19.8 Å². The molecule has 0 spiro atoms. The fourth-order valence-corrected chi connectivity index (χ4v) is 7.35. The van der Waals surface area contributed by atoms with Crippen molar-refractivity contribution >= 4 is 13.7 Å². The summed E-state index contributed by atoms with van der Waals surface area (Å²) in [4.78, 5) is 22.7. The molecule has 0 radical (unpaired) electrons. The van der Waals surface area contributed by atoms with Gasteiger partial charge in [-0.25, -0.2) is 4.57 Å². The third-order valence-corrected chi connectivity index (χ3v) is 11.1. The van der Waals surface area contributed by atoms with E-state index in [9.17, 15) is 19.4 Å². The lowest BCUT2D eigenvalue weighted by atomic mass is 10.0. The molecule has 0 aromatic carbocycles. The summed E-state index contributed by atoms with van der Waals surface area (Å²) >= 11 is 0. The summed E-state index contributed by atoms with van der Waals surface area (Å²) in [6, 6.07) is -0.876. The van der Waals surface area contributed by atoms with Crippen LogP contribution in [0.4, 0.5) is 0 Å². The number of hydrogen-bond acceptors (Lipinski definition) is 6. The van der Waals surface area contributed by atoms with Crippen LogP contribution in [0.25, 0.3) is 0 Å². The van der Waals surface area contributed by atoms with E-state index in [-0.39, 0.29) is 25.7 Å². The SMILES string of the molecule is CC/C=C\C/C=C\C/C=C\C/C=C\CCCCCCC(=O)NC(COP(=O)(O)OCCN)C(O)/C=C/CCCCCCCCCCCCCCCCCCCCC. The third kappa shape index (κ3) is 42.1. The van der Waals surface area contributed by atoms with E-state index in [1.54, 1.807) is 6.08 Å². The smallest absolute Gasteiger partial charge is 0.387 e. The molecule has 3 unspecified atom stereocenters. The quantitative estimate of drug-likeness (QED) is 0.0274. The van der Waals surface area contributed by atoms with Crippen LogP contribution in [0, 0.1) is 0 Å². The molecule has 0 fully saturated rings. The molecule has 3 atom stereocenters. The van der Waals surface area contributed by atoms with Crippen molar-refractivity contribution in [3.8, 4) is 0 Å². The first kappa shape index (κ1) is 55.2. The molecule has 0 bridgehead atoms. The predicted octanol–water partition coefficient (Wildman–Crippen LogP) is 13.4. The second-order valence-electron chi connectivity index (χ2n) is 15.6. The molecule has 0 aromatic rings. The number of carbonyl (C=O) groups is 1. The van der Waals surface area contributed by atoms with Crippen LogP contribution in [0.2, 0.25) is 0 Å². The summed E-state index contributed by atoms with van der Waals surface area (Å²) in [5.74, 6) is -0.218. The number of hydrogen-bond donors (Lipinski definition) is 4. The molecule has 0 aliphatic carbocycles. The van der Waals surface area contributed by atoms with E-state index < -0.39 is 20.0 Å². The molecule has 0 saturated carbocycles. The van der Waals surface area contributed by atoms with Crippen LogP contribution in [0.3, 0.4) is 0 Å². The molecule has 0 rings (SSSR count). The van der Waals surface area contributed by atoms with E-state index in [0.29, 0.717) is 6.42 Å². The van der Waals surface area contributed by atoms with Crippen molar-refractivity contribution in [1.82, 2.24) is 5.32 Å². The van der Waals surface area contributed by atoms with Gasteiger partial charge in [-0.3, -0.25) is 13.8 Å². The highest BCUT2D eigenvalue weighted by atomic mass is 31.2. The Hall–Kier alpha value is -1.80. The van der Waals surface area contributed by atoms with Gasteiger partial charge in [0.15, 0.2) is 0 Å². The van der Waals surface area contributed by atoms with Crippen LogP contribution in [0.15, 0.2) is 60.8 Å². The number of carbonyl (C=O) groups excluding carboxylic acids is 1. The third-order valence-electron chi connectivity index (χ3n) is 10.1. The summed E-state index contributed by atoms with van der Waals surface area (Å²) in [6.07, 6.45) is 55.6. The van der Waals surface area contributed by atoms with Crippen LogP contribution >= 0.6 is 7.82 Å². The average Bonchev–Trinajstić information content (AvgIpc) is 3.20. The minimum absolute atomic E-state index is 0.0718. The zero-order valence-electron chi connectivity index (χ0n) is 36.8. The second kappa shape index (κ2) is 43.8. The molecule has 5 N–H and O–H groups in total. The Morgan fingerprint density at radius 3 is 1.49 bits per heavy atom. The molecule has 9 heteroatoms. The first-order chi connectivity index (χ1) is 27.9. The lowest BCUT2D eigenvalue weighted by Crippen LogP contribution is -2.45.